The summed E-state index contributed by atoms with van der Waals surface area (Å²) in [4.78, 5) is 15.2. The van der Waals surface area contributed by atoms with Gasteiger partial charge >= 0.3 is 0 Å². The molecule has 1 aliphatic rings. The normalized spacial score (nSPS) is 14.2. The summed E-state index contributed by atoms with van der Waals surface area (Å²) in [6.45, 7) is 4.61. The van der Waals surface area contributed by atoms with Crippen molar-refractivity contribution in [1.29, 1.82) is 0 Å². The zero-order valence-corrected chi connectivity index (χ0v) is 11.9. The number of fused-ring (bicyclic) bond motifs is 1. The molecule has 1 aromatic heterocycles. The van der Waals surface area contributed by atoms with Crippen LogP contribution in [0.2, 0.25) is 0 Å². The number of nitrogens with zero attached hydrogens (tertiary/aromatic N) is 1. The van der Waals surface area contributed by atoms with Gasteiger partial charge in [-0.15, -0.1) is 11.3 Å². The summed E-state index contributed by atoms with van der Waals surface area (Å²) < 4.78 is 1.05. The van der Waals surface area contributed by atoms with Gasteiger partial charge in [0.25, 0.3) is 5.91 Å². The molecule has 1 aliphatic heterocycles. The van der Waals surface area contributed by atoms with Gasteiger partial charge in [0.1, 0.15) is 0 Å². The Kier molecular flexibility index (Phi) is 2.84. The lowest BCUT2D eigenvalue weighted by atomic mass is 10.1. The molecule has 3 rings (SSSR count). The zero-order chi connectivity index (χ0) is 12.7. The van der Waals surface area contributed by atoms with Crippen LogP contribution in [0.5, 0.6) is 0 Å². The minimum absolute atomic E-state index is 0.0379. The van der Waals surface area contributed by atoms with Crippen LogP contribution in [0.15, 0.2) is 46.8 Å². The molecule has 0 N–H and O–H groups in total. The molecule has 90 valence electrons. The summed E-state index contributed by atoms with van der Waals surface area (Å²) in [6.07, 6.45) is 0. The first-order chi connectivity index (χ1) is 8.68. The molecule has 0 aliphatic carbocycles. The van der Waals surface area contributed by atoms with E-state index in [0.29, 0.717) is 6.54 Å². The van der Waals surface area contributed by atoms with Crippen molar-refractivity contribution in [3.8, 4) is 0 Å². The van der Waals surface area contributed by atoms with Gasteiger partial charge in [-0.1, -0.05) is 24.8 Å². The molecule has 0 saturated carbocycles. The number of carbonyl (C=O) groups excluding carboxylic acids is 1. The summed E-state index contributed by atoms with van der Waals surface area (Å²) in [5, 5.41) is 2.01. The number of rotatable bonds is 2. The molecular weight excluding hydrogens is 310 g/mol. The van der Waals surface area contributed by atoms with Crippen molar-refractivity contribution in [2.24, 2.45) is 0 Å². The van der Waals surface area contributed by atoms with Gasteiger partial charge < -0.3 is 4.90 Å². The molecule has 2 nitrogen and oxygen atoms in total. The molecule has 4 heteroatoms. The van der Waals surface area contributed by atoms with Crippen LogP contribution in [0.3, 0.4) is 0 Å². The Morgan fingerprint density at radius 2 is 1.94 bits per heavy atom. The number of thiophene rings is 1. The third-order valence-electron chi connectivity index (χ3n) is 3.03. The Hall–Kier alpha value is -1.39. The smallest absolute Gasteiger partial charge is 0.259 e. The Labute approximate surface area is 118 Å². The minimum atomic E-state index is 0.0379. The van der Waals surface area contributed by atoms with E-state index >= 15 is 0 Å². The van der Waals surface area contributed by atoms with Gasteiger partial charge in [-0.25, -0.2) is 0 Å². The Balaban J connectivity index is 1.95. The predicted octanol–water partition coefficient (Wildman–Crippen LogP) is 4.14. The van der Waals surface area contributed by atoms with E-state index in [0.717, 1.165) is 26.2 Å². The van der Waals surface area contributed by atoms with Crippen molar-refractivity contribution in [2.75, 3.05) is 0 Å². The lowest BCUT2D eigenvalue weighted by Crippen LogP contribution is -2.21. The van der Waals surface area contributed by atoms with Gasteiger partial charge in [-0.3, -0.25) is 4.79 Å². The number of amides is 1. The fraction of sp³-hybridized carbons (Fsp3) is 0.0714. The highest BCUT2D eigenvalue weighted by Crippen LogP contribution is 2.34. The topological polar surface area (TPSA) is 20.3 Å². The number of hydrogen-bond donors (Lipinski definition) is 0. The second kappa shape index (κ2) is 4.37. The van der Waals surface area contributed by atoms with Crippen LogP contribution >= 0.6 is 27.3 Å². The van der Waals surface area contributed by atoms with Crippen LogP contribution in [0.25, 0.3) is 5.70 Å². The Morgan fingerprint density at radius 3 is 2.56 bits per heavy atom. The van der Waals surface area contributed by atoms with Crippen LogP contribution in [0, 0.1) is 0 Å². The summed E-state index contributed by atoms with van der Waals surface area (Å²) >= 11 is 5.13. The van der Waals surface area contributed by atoms with Crippen LogP contribution in [0.1, 0.15) is 20.8 Å². The number of hydrogen-bond acceptors (Lipinski definition) is 2. The van der Waals surface area contributed by atoms with Crippen molar-refractivity contribution in [2.45, 2.75) is 6.54 Å². The fourth-order valence-corrected chi connectivity index (χ4v) is 3.55. The molecule has 0 saturated heterocycles. The van der Waals surface area contributed by atoms with Crippen LogP contribution in [-0.2, 0) is 6.54 Å². The largest absolute Gasteiger partial charge is 0.303 e. The maximum absolute atomic E-state index is 12.3. The van der Waals surface area contributed by atoms with Crippen LogP contribution in [0.4, 0.5) is 0 Å². The first kappa shape index (κ1) is 11.7. The van der Waals surface area contributed by atoms with E-state index in [1.165, 1.54) is 0 Å². The van der Waals surface area contributed by atoms with Gasteiger partial charge in [-0.2, -0.15) is 0 Å². The average molecular weight is 320 g/mol. The molecular formula is C14H10BrNOS. The second-order valence-corrected chi connectivity index (χ2v) is 5.93. The highest BCUT2D eigenvalue weighted by Gasteiger charge is 2.30. The Morgan fingerprint density at radius 1 is 1.22 bits per heavy atom. The third kappa shape index (κ3) is 1.72. The van der Waals surface area contributed by atoms with Crippen molar-refractivity contribution < 1.29 is 4.79 Å². The molecule has 0 spiro atoms. The molecule has 2 heterocycles. The second-order valence-electron chi connectivity index (χ2n) is 4.08. The standard InChI is InChI=1S/C14H10BrNOS/c1-9-10-4-2-3-5-11(10)14(17)16(9)8-13-12(15)6-7-18-13/h2-7H,1,8H2. The predicted molar refractivity (Wildman–Crippen MR) is 77.4 cm³/mol. The quantitative estimate of drug-likeness (QED) is 0.814. The van der Waals surface area contributed by atoms with Gasteiger partial charge in [0.2, 0.25) is 0 Å². The van der Waals surface area contributed by atoms with Crippen LogP contribution < -0.4 is 0 Å². The number of halogens is 1. The molecule has 18 heavy (non-hydrogen) atoms. The number of benzene rings is 1. The summed E-state index contributed by atoms with van der Waals surface area (Å²) in [5.74, 6) is 0.0379. The molecule has 0 radical (unpaired) electrons. The highest BCUT2D eigenvalue weighted by molar-refractivity contribution is 9.10. The van der Waals surface area contributed by atoms with Gasteiger partial charge in [0, 0.05) is 26.2 Å². The van der Waals surface area contributed by atoms with Crippen molar-refractivity contribution in [3.63, 3.8) is 0 Å². The lowest BCUT2D eigenvalue weighted by Gasteiger charge is -2.16. The van der Waals surface area contributed by atoms with E-state index < -0.39 is 0 Å². The molecule has 0 unspecified atom stereocenters. The van der Waals surface area contributed by atoms with Gasteiger partial charge in [0.15, 0.2) is 0 Å². The maximum atomic E-state index is 12.3. The molecule has 0 atom stereocenters. The first-order valence-corrected chi connectivity index (χ1v) is 7.18. The van der Waals surface area contributed by atoms with E-state index in [4.69, 9.17) is 0 Å². The molecule has 0 fully saturated rings. The summed E-state index contributed by atoms with van der Waals surface area (Å²) in [6, 6.07) is 9.61. The van der Waals surface area contributed by atoms with Gasteiger partial charge in [-0.05, 0) is 33.4 Å². The SMILES string of the molecule is C=C1c2ccccc2C(=O)N1Cc1sccc1Br. The van der Waals surface area contributed by atoms with Crippen molar-refractivity contribution in [1.82, 2.24) is 4.90 Å². The third-order valence-corrected chi connectivity index (χ3v) is 4.94. The highest BCUT2D eigenvalue weighted by atomic mass is 79.9. The fourth-order valence-electron chi connectivity index (χ4n) is 2.08. The lowest BCUT2D eigenvalue weighted by molar-refractivity contribution is 0.0844. The number of carbonyl (C=O) groups is 1. The molecule has 0 bridgehead atoms. The Bertz CT molecular complexity index is 612. The van der Waals surface area contributed by atoms with E-state index in [1.54, 1.807) is 16.2 Å². The molecule has 2 aromatic rings. The molecule has 1 aromatic carbocycles. The summed E-state index contributed by atoms with van der Waals surface area (Å²) in [7, 11) is 0. The van der Waals surface area contributed by atoms with E-state index in [-0.39, 0.29) is 5.91 Å². The van der Waals surface area contributed by atoms with Crippen LogP contribution in [-0.4, -0.2) is 10.8 Å². The van der Waals surface area contributed by atoms with Crippen molar-refractivity contribution in [3.05, 3.63) is 62.8 Å². The minimum Gasteiger partial charge on any atom is -0.303 e. The van der Waals surface area contributed by atoms with Crippen molar-refractivity contribution >= 4 is 38.9 Å². The van der Waals surface area contributed by atoms with E-state index in [9.17, 15) is 4.79 Å². The summed E-state index contributed by atoms with van der Waals surface area (Å²) in [5.41, 5.74) is 2.47. The average Bonchev–Trinajstić information content (AvgIpc) is 2.89. The van der Waals surface area contributed by atoms with Gasteiger partial charge in [0.05, 0.1) is 6.54 Å². The van der Waals surface area contributed by atoms with E-state index in [1.807, 2.05) is 35.7 Å². The maximum Gasteiger partial charge on any atom is 0.259 e. The first-order valence-electron chi connectivity index (χ1n) is 5.50. The monoisotopic (exact) mass is 319 g/mol. The van der Waals surface area contributed by atoms with E-state index in [2.05, 4.69) is 22.5 Å². The zero-order valence-electron chi connectivity index (χ0n) is 9.52. The molecule has 1 amide bonds.